The second-order valence-corrected chi connectivity index (χ2v) is 11.7. The highest BCUT2D eigenvalue weighted by Gasteiger charge is 2.60. The Balaban J connectivity index is 1.25. The molecule has 170 valence electrons. The van der Waals surface area contributed by atoms with Gasteiger partial charge in [-0.25, -0.2) is 0 Å². The fourth-order valence-electron chi connectivity index (χ4n) is 8.67. The Hall–Kier alpha value is -0.650. The number of aliphatic hydroxyl groups excluding tert-OH is 1. The lowest BCUT2D eigenvalue weighted by Gasteiger charge is -2.61. The first kappa shape index (κ1) is 21.2. The molecule has 2 N–H and O–H groups in total. The molecule has 30 heavy (non-hydrogen) atoms. The minimum atomic E-state index is -0.0639. The number of carbonyl (C=O) groups excluding carboxylic acids is 1. The van der Waals surface area contributed by atoms with Crippen molar-refractivity contribution in [3.63, 3.8) is 0 Å². The van der Waals surface area contributed by atoms with Gasteiger partial charge >= 0.3 is 0 Å². The number of rotatable bonds is 3. The topological polar surface area (TPSA) is 61.8 Å². The smallest absolute Gasteiger partial charge is 0.234 e. The van der Waals surface area contributed by atoms with Crippen molar-refractivity contribution in [3.8, 4) is 0 Å². The zero-order valence-corrected chi connectivity index (χ0v) is 19.1. The van der Waals surface area contributed by atoms with Gasteiger partial charge in [0.2, 0.25) is 5.91 Å². The molecule has 5 heteroatoms. The van der Waals surface area contributed by atoms with Gasteiger partial charge < -0.3 is 15.2 Å². The number of nitrogens with zero attached hydrogens (tertiary/aromatic N) is 1. The third-order valence-electron chi connectivity index (χ3n) is 10.4. The molecule has 1 amide bonds. The van der Waals surface area contributed by atoms with E-state index in [0.29, 0.717) is 18.0 Å². The van der Waals surface area contributed by atoms with E-state index in [-0.39, 0.29) is 17.4 Å². The largest absolute Gasteiger partial charge is 0.393 e. The van der Waals surface area contributed by atoms with E-state index < -0.39 is 0 Å². The zero-order chi connectivity index (χ0) is 20.9. The molecule has 1 saturated heterocycles. The van der Waals surface area contributed by atoms with E-state index in [2.05, 4.69) is 24.1 Å². The first-order chi connectivity index (χ1) is 14.4. The number of amides is 1. The summed E-state index contributed by atoms with van der Waals surface area (Å²) in [5, 5.41) is 13.7. The molecule has 0 unspecified atom stereocenters. The number of nitrogens with one attached hydrogen (secondary N) is 1. The Labute approximate surface area is 182 Å². The summed E-state index contributed by atoms with van der Waals surface area (Å²) in [4.78, 5) is 15.0. The van der Waals surface area contributed by atoms with E-state index >= 15 is 0 Å². The number of hydrogen-bond acceptors (Lipinski definition) is 4. The molecule has 1 aliphatic heterocycles. The van der Waals surface area contributed by atoms with Crippen molar-refractivity contribution in [2.45, 2.75) is 83.8 Å². The molecule has 8 atom stereocenters. The van der Waals surface area contributed by atoms with Crippen molar-refractivity contribution in [1.29, 1.82) is 0 Å². The fourth-order valence-corrected chi connectivity index (χ4v) is 8.67. The van der Waals surface area contributed by atoms with E-state index in [9.17, 15) is 9.90 Å². The van der Waals surface area contributed by atoms with Crippen molar-refractivity contribution in [3.05, 3.63) is 0 Å². The van der Waals surface area contributed by atoms with Gasteiger partial charge in [-0.05, 0) is 92.3 Å². The van der Waals surface area contributed by atoms with Gasteiger partial charge in [0.15, 0.2) is 0 Å². The normalized spacial score (nSPS) is 49.0. The fraction of sp³-hybridized carbons (Fsp3) is 0.960. The molecule has 4 aliphatic carbocycles. The molecule has 0 radical (unpaired) electrons. The zero-order valence-electron chi connectivity index (χ0n) is 19.1. The van der Waals surface area contributed by atoms with Crippen molar-refractivity contribution in [1.82, 2.24) is 10.2 Å². The number of fused-ring (bicyclic) bond motifs is 5. The monoisotopic (exact) mass is 418 g/mol. The summed E-state index contributed by atoms with van der Waals surface area (Å²) in [7, 11) is 0. The summed E-state index contributed by atoms with van der Waals surface area (Å²) in [5.74, 6) is 3.33. The molecule has 0 aromatic heterocycles. The maximum absolute atomic E-state index is 12.8. The number of aliphatic hydroxyl groups is 1. The van der Waals surface area contributed by atoms with Crippen LogP contribution in [0.4, 0.5) is 0 Å². The van der Waals surface area contributed by atoms with Crippen molar-refractivity contribution >= 4 is 5.91 Å². The first-order valence-electron chi connectivity index (χ1n) is 12.7. The van der Waals surface area contributed by atoms with Gasteiger partial charge in [0, 0.05) is 19.1 Å². The van der Waals surface area contributed by atoms with Crippen LogP contribution in [0.3, 0.4) is 0 Å². The van der Waals surface area contributed by atoms with Crippen molar-refractivity contribution < 1.29 is 14.6 Å². The Morgan fingerprint density at radius 2 is 1.73 bits per heavy atom. The number of morpholine rings is 1. The minimum Gasteiger partial charge on any atom is -0.393 e. The highest BCUT2D eigenvalue weighted by molar-refractivity contribution is 5.78. The molecule has 5 fully saturated rings. The van der Waals surface area contributed by atoms with Crippen LogP contribution < -0.4 is 5.32 Å². The predicted molar refractivity (Wildman–Crippen MR) is 117 cm³/mol. The molecular weight excluding hydrogens is 376 g/mol. The van der Waals surface area contributed by atoms with E-state index in [1.165, 1.54) is 38.5 Å². The molecule has 0 spiro atoms. The highest BCUT2D eigenvalue weighted by atomic mass is 16.5. The Morgan fingerprint density at radius 3 is 2.53 bits per heavy atom. The quantitative estimate of drug-likeness (QED) is 0.739. The molecular formula is C25H42N2O3. The van der Waals surface area contributed by atoms with Gasteiger partial charge in [0.1, 0.15) is 0 Å². The molecule has 0 aromatic carbocycles. The van der Waals surface area contributed by atoms with Crippen LogP contribution in [0.15, 0.2) is 0 Å². The van der Waals surface area contributed by atoms with Crippen molar-refractivity contribution in [2.75, 3.05) is 32.8 Å². The SMILES string of the molecule is C[C@]12CC[C@H](O)C[C@@H]1CC[C@@H]1[C@@H]2CC[C@]2(C)[C@@H](NC(=O)CN3CCOCC3)CC[C@@H]12. The van der Waals surface area contributed by atoms with Gasteiger partial charge in [-0.3, -0.25) is 9.69 Å². The molecule has 0 bridgehead atoms. The molecule has 0 aromatic rings. The van der Waals surface area contributed by atoms with Crippen LogP contribution in [0.25, 0.3) is 0 Å². The Bertz CT molecular complexity index is 650. The second-order valence-electron chi connectivity index (χ2n) is 11.7. The van der Waals surface area contributed by atoms with Crippen LogP contribution in [0, 0.1) is 34.5 Å². The predicted octanol–water partition coefficient (Wildman–Crippen LogP) is 3.21. The van der Waals surface area contributed by atoms with E-state index in [4.69, 9.17) is 4.74 Å². The molecule has 5 aliphatic rings. The van der Waals surface area contributed by atoms with Crippen LogP contribution in [0.5, 0.6) is 0 Å². The summed E-state index contributed by atoms with van der Waals surface area (Å²) >= 11 is 0. The van der Waals surface area contributed by atoms with E-state index in [0.717, 1.165) is 69.2 Å². The summed E-state index contributed by atoms with van der Waals surface area (Å²) in [6.07, 6.45) is 10.8. The lowest BCUT2D eigenvalue weighted by atomic mass is 9.45. The van der Waals surface area contributed by atoms with Crippen molar-refractivity contribution in [2.24, 2.45) is 34.5 Å². The van der Waals surface area contributed by atoms with Gasteiger partial charge in [-0.15, -0.1) is 0 Å². The highest BCUT2D eigenvalue weighted by Crippen LogP contribution is 2.66. The first-order valence-corrected chi connectivity index (χ1v) is 12.7. The van der Waals surface area contributed by atoms with Gasteiger partial charge in [-0.2, -0.15) is 0 Å². The lowest BCUT2D eigenvalue weighted by molar-refractivity contribution is -0.131. The summed E-state index contributed by atoms with van der Waals surface area (Å²) in [6.45, 7) is 8.80. The Morgan fingerprint density at radius 1 is 1.00 bits per heavy atom. The second kappa shape index (κ2) is 8.04. The number of carbonyl (C=O) groups is 1. The average molecular weight is 419 g/mol. The third kappa shape index (κ3) is 3.53. The standard InChI is InChI=1S/C25H42N2O3/c1-24-9-7-18(28)15-17(24)3-4-19-20-5-6-22(25(20,2)10-8-21(19)24)26-23(29)16-27-11-13-30-14-12-27/h17-22,28H,3-16H2,1-2H3,(H,26,29)/t17-,18-,19-,20-,21-,22-,24-,25-/m0/s1. The Kier molecular flexibility index (Phi) is 5.69. The molecule has 4 saturated carbocycles. The molecule has 5 rings (SSSR count). The summed E-state index contributed by atoms with van der Waals surface area (Å²) in [5.41, 5.74) is 0.695. The maximum atomic E-state index is 12.8. The van der Waals surface area contributed by atoms with Crippen LogP contribution in [0.2, 0.25) is 0 Å². The van der Waals surface area contributed by atoms with Gasteiger partial charge in [0.05, 0.1) is 25.9 Å². The summed E-state index contributed by atoms with van der Waals surface area (Å²) in [6, 6.07) is 0.343. The van der Waals surface area contributed by atoms with E-state index in [1.54, 1.807) is 0 Å². The van der Waals surface area contributed by atoms with Gasteiger partial charge in [-0.1, -0.05) is 13.8 Å². The van der Waals surface area contributed by atoms with Gasteiger partial charge in [0.25, 0.3) is 0 Å². The van der Waals surface area contributed by atoms with Crippen LogP contribution >= 0.6 is 0 Å². The number of ether oxygens (including phenoxy) is 1. The van der Waals surface area contributed by atoms with E-state index in [1.807, 2.05) is 0 Å². The average Bonchev–Trinajstić information content (AvgIpc) is 3.05. The number of hydrogen-bond donors (Lipinski definition) is 2. The van der Waals surface area contributed by atoms with Crippen LogP contribution in [-0.4, -0.2) is 60.9 Å². The molecule has 1 heterocycles. The maximum Gasteiger partial charge on any atom is 0.234 e. The lowest BCUT2D eigenvalue weighted by Crippen LogP contribution is -2.56. The summed E-state index contributed by atoms with van der Waals surface area (Å²) < 4.78 is 5.42. The molecule has 5 nitrogen and oxygen atoms in total. The van der Waals surface area contributed by atoms with Crippen LogP contribution in [0.1, 0.15) is 71.6 Å². The minimum absolute atomic E-state index is 0.0639. The third-order valence-corrected chi connectivity index (χ3v) is 10.4. The van der Waals surface area contributed by atoms with Crippen LogP contribution in [-0.2, 0) is 9.53 Å².